The van der Waals surface area contributed by atoms with Gasteiger partial charge in [0.25, 0.3) is 0 Å². The highest BCUT2D eigenvalue weighted by Crippen LogP contribution is 2.20. The lowest BCUT2D eigenvalue weighted by molar-refractivity contribution is -0.0846. The normalized spacial score (nSPS) is 12.0. The highest BCUT2D eigenvalue weighted by molar-refractivity contribution is 4.95. The molecule has 4 nitrogen and oxygen atoms in total. The minimum absolute atomic E-state index is 0.250. The highest BCUT2D eigenvalue weighted by Gasteiger charge is 2.13. The van der Waals surface area contributed by atoms with E-state index in [0.717, 1.165) is 51.1 Å². The van der Waals surface area contributed by atoms with Crippen LogP contribution in [0.1, 0.15) is 195 Å². The fourth-order valence-electron chi connectivity index (χ4n) is 4.94. The first-order valence-corrected chi connectivity index (χ1v) is 18.0. The van der Waals surface area contributed by atoms with Crippen molar-refractivity contribution in [3.05, 3.63) is 11.7 Å². The van der Waals surface area contributed by atoms with E-state index < -0.39 is 0 Å². The molecule has 0 unspecified atom stereocenters. The Labute approximate surface area is 251 Å². The Balaban J connectivity index is 4.68. The van der Waals surface area contributed by atoms with Crippen LogP contribution in [0.25, 0.3) is 0 Å². The van der Waals surface area contributed by atoms with Gasteiger partial charge in [0.15, 0.2) is 12.6 Å². The van der Waals surface area contributed by atoms with Gasteiger partial charge in [-0.15, -0.1) is 0 Å². The number of hydrogen-bond donors (Lipinski definition) is 0. The summed E-state index contributed by atoms with van der Waals surface area (Å²) in [5.74, 6) is 1.49. The van der Waals surface area contributed by atoms with Crippen molar-refractivity contribution in [2.75, 3.05) is 26.6 Å². The molecule has 0 heterocycles. The number of allylic oxidation sites excluding steroid dienone is 1. The molecule has 0 aromatic carbocycles. The monoisotopic (exact) mass is 569 g/mol. The smallest absolute Gasteiger partial charge is 0.321 e. The van der Waals surface area contributed by atoms with Gasteiger partial charge in [0, 0.05) is 6.42 Å². The number of hydrogen-bond acceptors (Lipinski definition) is 4. The minimum atomic E-state index is 0.250. The van der Waals surface area contributed by atoms with Crippen molar-refractivity contribution in [1.82, 2.24) is 0 Å². The van der Waals surface area contributed by atoms with Gasteiger partial charge < -0.3 is 18.9 Å². The Kier molecular flexibility index (Phi) is 33.5. The second-order valence-electron chi connectivity index (χ2n) is 11.8. The minimum Gasteiger partial charge on any atom is -0.491 e. The summed E-state index contributed by atoms with van der Waals surface area (Å²) in [6.45, 7) is 11.5. The molecule has 0 N–H and O–H groups in total. The van der Waals surface area contributed by atoms with E-state index in [1.807, 2.05) is 0 Å². The first-order chi connectivity index (χ1) is 19.8. The van der Waals surface area contributed by atoms with Gasteiger partial charge in [0.05, 0.1) is 19.8 Å². The molecule has 0 aromatic rings. The molecule has 240 valence electrons. The number of ether oxygens (including phenoxy) is 4. The molecular formula is C36H72O4. The summed E-state index contributed by atoms with van der Waals surface area (Å²) in [5.41, 5.74) is 0. The number of rotatable bonds is 34. The first kappa shape index (κ1) is 39.1. The molecule has 0 bridgehead atoms. The fourth-order valence-corrected chi connectivity index (χ4v) is 4.94. The third-order valence-electron chi connectivity index (χ3n) is 7.66. The standard InChI is InChI=1S/C36H72O4/c1-5-9-13-16-19-21-24-28-32-38-35(30-26-12-8-4)36(39-33-29-25-22-20-17-14-10-6-2)40-34-37-31-27-23-18-15-11-7-3/h5-34H2,1-4H3. The van der Waals surface area contributed by atoms with Gasteiger partial charge in [0.1, 0.15) is 0 Å². The van der Waals surface area contributed by atoms with Gasteiger partial charge in [0.2, 0.25) is 0 Å². The molecule has 0 aromatic heterocycles. The maximum absolute atomic E-state index is 6.34. The Morgan fingerprint density at radius 1 is 0.350 bits per heavy atom. The summed E-state index contributed by atoms with van der Waals surface area (Å²) in [7, 11) is 0. The van der Waals surface area contributed by atoms with Gasteiger partial charge in [-0.3, -0.25) is 0 Å². The van der Waals surface area contributed by atoms with Crippen LogP contribution in [-0.4, -0.2) is 26.6 Å². The summed E-state index contributed by atoms with van der Waals surface area (Å²) in [5, 5.41) is 0. The molecule has 40 heavy (non-hydrogen) atoms. The lowest BCUT2D eigenvalue weighted by Gasteiger charge is -2.18. The molecule has 0 atom stereocenters. The van der Waals surface area contributed by atoms with E-state index in [4.69, 9.17) is 18.9 Å². The van der Waals surface area contributed by atoms with Crippen LogP contribution in [0.3, 0.4) is 0 Å². The lowest BCUT2D eigenvalue weighted by atomic mass is 10.1. The summed E-state index contributed by atoms with van der Waals surface area (Å²) in [6.07, 6.45) is 32.8. The van der Waals surface area contributed by atoms with Crippen molar-refractivity contribution in [3.8, 4) is 0 Å². The molecule has 0 spiro atoms. The van der Waals surface area contributed by atoms with Crippen LogP contribution in [-0.2, 0) is 18.9 Å². The highest BCUT2D eigenvalue weighted by atomic mass is 16.7. The second-order valence-corrected chi connectivity index (χ2v) is 11.8. The Bertz CT molecular complexity index is 481. The maximum Gasteiger partial charge on any atom is 0.321 e. The Hall–Kier alpha value is -0.900. The van der Waals surface area contributed by atoms with Crippen LogP contribution in [0.5, 0.6) is 0 Å². The van der Waals surface area contributed by atoms with Gasteiger partial charge in [-0.25, -0.2) is 0 Å². The summed E-state index contributed by atoms with van der Waals surface area (Å²) < 4.78 is 24.5. The van der Waals surface area contributed by atoms with E-state index in [-0.39, 0.29) is 6.79 Å². The van der Waals surface area contributed by atoms with Crippen molar-refractivity contribution in [2.45, 2.75) is 195 Å². The van der Waals surface area contributed by atoms with Gasteiger partial charge in [-0.2, -0.15) is 0 Å². The molecule has 4 heteroatoms. The van der Waals surface area contributed by atoms with Crippen molar-refractivity contribution in [1.29, 1.82) is 0 Å². The molecule has 0 saturated heterocycles. The zero-order valence-corrected chi connectivity index (χ0v) is 27.8. The molecule has 0 aliphatic carbocycles. The van der Waals surface area contributed by atoms with Crippen LogP contribution in [0, 0.1) is 0 Å². The van der Waals surface area contributed by atoms with Crippen molar-refractivity contribution in [3.63, 3.8) is 0 Å². The molecule has 0 fully saturated rings. The van der Waals surface area contributed by atoms with E-state index in [0.29, 0.717) is 12.6 Å². The fraction of sp³-hybridized carbons (Fsp3) is 0.944. The van der Waals surface area contributed by atoms with Gasteiger partial charge >= 0.3 is 5.95 Å². The Morgan fingerprint density at radius 3 is 1.20 bits per heavy atom. The van der Waals surface area contributed by atoms with Crippen LogP contribution >= 0.6 is 0 Å². The third-order valence-corrected chi connectivity index (χ3v) is 7.66. The van der Waals surface area contributed by atoms with E-state index in [1.165, 1.54) is 135 Å². The van der Waals surface area contributed by atoms with Crippen molar-refractivity contribution in [2.24, 2.45) is 0 Å². The quantitative estimate of drug-likeness (QED) is 0.0439. The summed E-state index contributed by atoms with van der Waals surface area (Å²) >= 11 is 0. The van der Waals surface area contributed by atoms with Crippen LogP contribution < -0.4 is 0 Å². The summed E-state index contributed by atoms with van der Waals surface area (Å²) in [4.78, 5) is 0. The SMILES string of the molecule is CCCCCCCCCCOC(CCCCC)=C(OCCCCCCCCCC)OCOCCCCCCCC. The molecule has 0 saturated carbocycles. The van der Waals surface area contributed by atoms with Crippen molar-refractivity contribution >= 4 is 0 Å². The average molecular weight is 569 g/mol. The largest absolute Gasteiger partial charge is 0.491 e. The van der Waals surface area contributed by atoms with E-state index in [9.17, 15) is 0 Å². The lowest BCUT2D eigenvalue weighted by Crippen LogP contribution is -2.10. The third kappa shape index (κ3) is 28.6. The van der Waals surface area contributed by atoms with E-state index in [2.05, 4.69) is 27.7 Å². The van der Waals surface area contributed by atoms with Gasteiger partial charge in [-0.1, -0.05) is 163 Å². The van der Waals surface area contributed by atoms with Gasteiger partial charge in [-0.05, 0) is 25.7 Å². The predicted octanol–water partition coefficient (Wildman–Crippen LogP) is 12.4. The first-order valence-electron chi connectivity index (χ1n) is 18.0. The zero-order valence-electron chi connectivity index (χ0n) is 27.8. The topological polar surface area (TPSA) is 36.9 Å². The average Bonchev–Trinajstić information content (AvgIpc) is 2.96. The maximum atomic E-state index is 6.34. The molecule has 0 radical (unpaired) electrons. The van der Waals surface area contributed by atoms with Crippen LogP contribution in [0.2, 0.25) is 0 Å². The van der Waals surface area contributed by atoms with Crippen LogP contribution in [0.4, 0.5) is 0 Å². The molecule has 0 rings (SSSR count). The van der Waals surface area contributed by atoms with Crippen molar-refractivity contribution < 1.29 is 18.9 Å². The molecular weight excluding hydrogens is 496 g/mol. The second kappa shape index (κ2) is 34.3. The molecule has 0 amide bonds. The van der Waals surface area contributed by atoms with E-state index >= 15 is 0 Å². The molecule has 0 aliphatic rings. The summed E-state index contributed by atoms with van der Waals surface area (Å²) in [6, 6.07) is 0. The zero-order chi connectivity index (χ0) is 29.2. The van der Waals surface area contributed by atoms with E-state index in [1.54, 1.807) is 0 Å². The number of unbranched alkanes of at least 4 members (excludes halogenated alkanes) is 21. The Morgan fingerprint density at radius 2 is 0.725 bits per heavy atom. The molecule has 0 aliphatic heterocycles. The van der Waals surface area contributed by atoms with Crippen LogP contribution in [0.15, 0.2) is 11.7 Å². The predicted molar refractivity (Wildman–Crippen MR) is 174 cm³/mol.